The number of aromatic nitrogens is 1. The number of carbonyl (C=O) groups is 1. The van der Waals surface area contributed by atoms with E-state index >= 15 is 0 Å². The molecular formula is C15H15FN4OS. The number of rotatable bonds is 5. The van der Waals surface area contributed by atoms with Crippen LogP contribution in [0.3, 0.4) is 0 Å². The number of carbonyl (C=O) groups excluding carboxylic acids is 1. The number of hydrogen-bond donors (Lipinski definition) is 2. The molecule has 0 spiro atoms. The van der Waals surface area contributed by atoms with Crippen molar-refractivity contribution in [1.82, 2.24) is 10.3 Å². The van der Waals surface area contributed by atoms with E-state index in [4.69, 9.17) is 5.26 Å². The minimum Gasteiger partial charge on any atom is -0.382 e. The molecule has 1 aromatic carbocycles. The van der Waals surface area contributed by atoms with Crippen LogP contribution < -0.4 is 10.6 Å². The van der Waals surface area contributed by atoms with Gasteiger partial charge in [-0.15, -0.1) is 11.3 Å². The minimum atomic E-state index is -0.563. The van der Waals surface area contributed by atoms with Gasteiger partial charge in [0.1, 0.15) is 22.3 Å². The summed E-state index contributed by atoms with van der Waals surface area (Å²) in [6.45, 7) is 4.39. The molecule has 5 nitrogen and oxygen atoms in total. The predicted octanol–water partition coefficient (Wildman–Crippen LogP) is 2.61. The zero-order valence-corrected chi connectivity index (χ0v) is 13.1. The highest BCUT2D eigenvalue weighted by Crippen LogP contribution is 2.18. The summed E-state index contributed by atoms with van der Waals surface area (Å²) in [5, 5.41) is 15.5. The Morgan fingerprint density at radius 1 is 1.41 bits per heavy atom. The third kappa shape index (κ3) is 3.59. The van der Waals surface area contributed by atoms with Crippen molar-refractivity contribution in [2.24, 2.45) is 0 Å². The lowest BCUT2D eigenvalue weighted by molar-refractivity contribution is 0.0958. The molecule has 0 saturated carbocycles. The van der Waals surface area contributed by atoms with Gasteiger partial charge in [-0.1, -0.05) is 6.07 Å². The molecule has 0 aliphatic rings. The summed E-state index contributed by atoms with van der Waals surface area (Å²) < 4.78 is 13.4. The first-order chi connectivity index (χ1) is 10.5. The quantitative estimate of drug-likeness (QED) is 0.831. The van der Waals surface area contributed by atoms with Crippen molar-refractivity contribution in [2.45, 2.75) is 13.8 Å². The summed E-state index contributed by atoms with van der Waals surface area (Å²) in [6, 6.07) is 6.21. The number of thiazole rings is 1. The maximum Gasteiger partial charge on any atom is 0.263 e. The van der Waals surface area contributed by atoms with Gasteiger partial charge in [-0.2, -0.15) is 5.26 Å². The molecular weight excluding hydrogens is 303 g/mol. The standard InChI is InChI=1S/C15H15FN4OS/c1-9-14(22-10(2)20-9)15(21)19-7-6-18-13-5-3-4-12(16)11(13)8-17/h3-5,18H,6-7H2,1-2H3,(H,19,21). The van der Waals surface area contributed by atoms with Crippen LogP contribution in [0.2, 0.25) is 0 Å². The summed E-state index contributed by atoms with van der Waals surface area (Å²) in [5.74, 6) is -0.739. The number of benzene rings is 1. The lowest BCUT2D eigenvalue weighted by atomic mass is 10.2. The largest absolute Gasteiger partial charge is 0.382 e. The molecule has 1 aromatic heterocycles. The molecule has 0 aliphatic heterocycles. The number of nitrogens with zero attached hydrogens (tertiary/aromatic N) is 2. The summed E-state index contributed by atoms with van der Waals surface area (Å²) in [7, 11) is 0. The fraction of sp³-hybridized carbons (Fsp3) is 0.267. The van der Waals surface area contributed by atoms with Gasteiger partial charge in [0.05, 0.1) is 16.4 Å². The summed E-state index contributed by atoms with van der Waals surface area (Å²) in [4.78, 5) is 16.8. The van der Waals surface area contributed by atoms with Crippen molar-refractivity contribution in [1.29, 1.82) is 5.26 Å². The highest BCUT2D eigenvalue weighted by atomic mass is 32.1. The predicted molar refractivity (Wildman–Crippen MR) is 83.5 cm³/mol. The van der Waals surface area contributed by atoms with Crippen molar-refractivity contribution in [3.05, 3.63) is 45.2 Å². The van der Waals surface area contributed by atoms with E-state index in [0.717, 1.165) is 5.01 Å². The van der Waals surface area contributed by atoms with Crippen LogP contribution in [0.5, 0.6) is 0 Å². The molecule has 1 heterocycles. The Morgan fingerprint density at radius 2 is 2.18 bits per heavy atom. The lowest BCUT2D eigenvalue weighted by Gasteiger charge is -2.09. The van der Waals surface area contributed by atoms with E-state index < -0.39 is 5.82 Å². The number of aryl methyl sites for hydroxylation is 2. The van der Waals surface area contributed by atoms with E-state index in [9.17, 15) is 9.18 Å². The van der Waals surface area contributed by atoms with Crippen molar-refractivity contribution in [3.8, 4) is 6.07 Å². The molecule has 0 atom stereocenters. The van der Waals surface area contributed by atoms with Gasteiger partial charge in [-0.3, -0.25) is 4.79 Å². The number of nitriles is 1. The van der Waals surface area contributed by atoms with Gasteiger partial charge < -0.3 is 10.6 Å². The fourth-order valence-electron chi connectivity index (χ4n) is 1.98. The average Bonchev–Trinajstić information content (AvgIpc) is 2.82. The number of anilines is 1. The molecule has 2 rings (SSSR count). The van der Waals surface area contributed by atoms with Gasteiger partial charge in [0.25, 0.3) is 5.91 Å². The van der Waals surface area contributed by atoms with Gasteiger partial charge in [-0.25, -0.2) is 9.37 Å². The van der Waals surface area contributed by atoms with E-state index in [1.807, 2.05) is 13.0 Å². The van der Waals surface area contributed by atoms with E-state index in [2.05, 4.69) is 15.6 Å². The summed E-state index contributed by atoms with van der Waals surface area (Å²) in [6.07, 6.45) is 0. The van der Waals surface area contributed by atoms with Crippen LogP contribution in [-0.4, -0.2) is 24.0 Å². The Bertz CT molecular complexity index is 736. The second-order valence-corrected chi connectivity index (χ2v) is 5.81. The molecule has 0 bridgehead atoms. The Morgan fingerprint density at radius 3 is 2.82 bits per heavy atom. The Balaban J connectivity index is 1.88. The highest BCUT2D eigenvalue weighted by molar-refractivity contribution is 7.13. The number of hydrogen-bond acceptors (Lipinski definition) is 5. The van der Waals surface area contributed by atoms with Crippen molar-refractivity contribution in [2.75, 3.05) is 18.4 Å². The zero-order chi connectivity index (χ0) is 16.1. The first-order valence-corrected chi connectivity index (χ1v) is 7.49. The third-order valence-corrected chi connectivity index (χ3v) is 4.03. The molecule has 2 N–H and O–H groups in total. The van der Waals surface area contributed by atoms with Crippen molar-refractivity contribution in [3.63, 3.8) is 0 Å². The number of amides is 1. The minimum absolute atomic E-state index is 0.0252. The van der Waals surface area contributed by atoms with Crippen LogP contribution in [0.1, 0.15) is 25.9 Å². The first-order valence-electron chi connectivity index (χ1n) is 6.67. The lowest BCUT2D eigenvalue weighted by Crippen LogP contribution is -2.28. The summed E-state index contributed by atoms with van der Waals surface area (Å²) >= 11 is 1.35. The normalized spacial score (nSPS) is 10.1. The zero-order valence-electron chi connectivity index (χ0n) is 12.2. The van der Waals surface area contributed by atoms with Gasteiger partial charge in [0.2, 0.25) is 0 Å². The van der Waals surface area contributed by atoms with Crippen LogP contribution >= 0.6 is 11.3 Å². The van der Waals surface area contributed by atoms with Crippen LogP contribution in [0, 0.1) is 31.0 Å². The third-order valence-electron chi connectivity index (χ3n) is 2.96. The molecule has 0 aliphatic carbocycles. The SMILES string of the molecule is Cc1nc(C)c(C(=O)NCCNc2cccc(F)c2C#N)s1. The maximum absolute atomic E-state index is 13.4. The molecule has 0 saturated heterocycles. The molecule has 0 unspecified atom stereocenters. The number of halogens is 1. The summed E-state index contributed by atoms with van der Waals surface area (Å²) in [5.41, 5.74) is 1.11. The van der Waals surface area contributed by atoms with Crippen LogP contribution in [0.4, 0.5) is 10.1 Å². The molecule has 114 valence electrons. The van der Waals surface area contributed by atoms with Crippen molar-refractivity contribution >= 4 is 22.9 Å². The second kappa shape index (κ2) is 7.00. The van der Waals surface area contributed by atoms with Gasteiger partial charge in [0, 0.05) is 13.1 Å². The molecule has 2 aromatic rings. The van der Waals surface area contributed by atoms with E-state index in [-0.39, 0.29) is 11.5 Å². The van der Waals surface area contributed by atoms with Crippen molar-refractivity contribution < 1.29 is 9.18 Å². The van der Waals surface area contributed by atoms with Crippen LogP contribution in [0.25, 0.3) is 0 Å². The van der Waals surface area contributed by atoms with E-state index in [0.29, 0.717) is 29.3 Å². The van der Waals surface area contributed by atoms with Crippen LogP contribution in [-0.2, 0) is 0 Å². The topological polar surface area (TPSA) is 77.8 Å². The van der Waals surface area contributed by atoms with Gasteiger partial charge in [0.15, 0.2) is 0 Å². The Kier molecular flexibility index (Phi) is 5.07. The van der Waals surface area contributed by atoms with E-state index in [1.165, 1.54) is 23.5 Å². The highest BCUT2D eigenvalue weighted by Gasteiger charge is 2.13. The molecule has 22 heavy (non-hydrogen) atoms. The molecule has 0 fully saturated rings. The Hall–Kier alpha value is -2.46. The second-order valence-electron chi connectivity index (χ2n) is 4.60. The molecule has 1 amide bonds. The Labute approximate surface area is 131 Å². The van der Waals surface area contributed by atoms with Gasteiger partial charge in [-0.05, 0) is 26.0 Å². The van der Waals surface area contributed by atoms with E-state index in [1.54, 1.807) is 13.0 Å². The monoisotopic (exact) mass is 318 g/mol. The fourth-order valence-corrected chi connectivity index (χ4v) is 2.82. The van der Waals surface area contributed by atoms with Gasteiger partial charge >= 0.3 is 0 Å². The molecule has 7 heteroatoms. The first kappa shape index (κ1) is 15.9. The maximum atomic E-state index is 13.4. The smallest absolute Gasteiger partial charge is 0.263 e. The average molecular weight is 318 g/mol. The molecule has 0 radical (unpaired) electrons. The number of nitrogens with one attached hydrogen (secondary N) is 2. The van der Waals surface area contributed by atoms with Crippen LogP contribution in [0.15, 0.2) is 18.2 Å².